The number of aryl methyl sites for hydroxylation is 7. The monoisotopic (exact) mass is 2120 g/mol. The molecule has 0 aliphatic rings. The van der Waals surface area contributed by atoms with Gasteiger partial charge in [-0.25, -0.2) is 13.7 Å². The van der Waals surface area contributed by atoms with Gasteiger partial charge in [0, 0.05) is 152 Å². The van der Waals surface area contributed by atoms with E-state index in [1.165, 1.54) is 32.8 Å². The van der Waals surface area contributed by atoms with Gasteiger partial charge in [0.05, 0.1) is 33.3 Å². The Labute approximate surface area is 730 Å². The summed E-state index contributed by atoms with van der Waals surface area (Å²) in [6.45, 7) is 14.8. The van der Waals surface area contributed by atoms with Crippen molar-refractivity contribution in [2.45, 2.75) is 60.1 Å². The first-order valence-corrected chi connectivity index (χ1v) is 38.0. The van der Waals surface area contributed by atoms with Gasteiger partial charge in [-0.2, -0.15) is 13.2 Å². The van der Waals surface area contributed by atoms with Crippen molar-refractivity contribution in [1.29, 1.82) is 0 Å². The van der Waals surface area contributed by atoms with Crippen LogP contribution in [0.4, 0.5) is 13.2 Å². The fourth-order valence-electron chi connectivity index (χ4n) is 14.0. The van der Waals surface area contributed by atoms with Crippen LogP contribution in [0.25, 0.3) is 167 Å². The summed E-state index contributed by atoms with van der Waals surface area (Å²) in [7, 11) is 5.71. The van der Waals surface area contributed by atoms with Crippen molar-refractivity contribution >= 4 is 98.5 Å². The summed E-state index contributed by atoms with van der Waals surface area (Å²) in [5.41, 5.74) is 24.4. The van der Waals surface area contributed by atoms with Crippen LogP contribution in [-0.2, 0) is 93.1 Å². The number of nitrogens with zero attached hydrogens (tertiary/aromatic N) is 13. The molecule has 0 unspecified atom stereocenters. The zero-order valence-corrected chi connectivity index (χ0v) is 74.0. The standard InChI is InChI=1S/3C22H14NO.C13H17N3.C10H11N3.C9H7F3N4.3Ir/c3*1-14-12-20(23-19-8-4-2-6-16(14)19)15-10-11-22-18(13-15)17-7-3-5-9-21(17)24-22;1-13(2,3)12-9-10(14-15-12)11-7-5-6-8-16(11)4;1-8-7-9(12-11-8)10-5-3-4-6-13(10)2;1-16-5-3-2-4-6(16)7-13-8(15-14-7)9(10,11)12;;;/h3*2-9,11-13H,1H3;5-9H,1-4H3;3-7H,1-2H3;2-5H,1H3;;;/q3*-1;;;;;;. The molecule has 120 heavy (non-hydrogen) atoms. The number of benzene rings is 9. The fraction of sp³-hybridized carbons (Fsp3) is 0.122. The van der Waals surface area contributed by atoms with Gasteiger partial charge >= 0.3 is 6.18 Å². The van der Waals surface area contributed by atoms with Crippen LogP contribution >= 0.6 is 0 Å². The molecule has 0 aliphatic carbocycles. The van der Waals surface area contributed by atoms with E-state index in [9.17, 15) is 13.2 Å². The van der Waals surface area contributed by atoms with Crippen molar-refractivity contribution < 1.29 is 100 Å². The van der Waals surface area contributed by atoms with Gasteiger partial charge in [0.15, 0.2) is 30.0 Å². The van der Waals surface area contributed by atoms with Gasteiger partial charge < -0.3 is 43.7 Å². The number of fused-ring (bicyclic) bond motifs is 12. The Balaban J connectivity index is 0.000000126. The van der Waals surface area contributed by atoms with E-state index < -0.39 is 12.0 Å². The Morgan fingerprint density at radius 3 is 1.00 bits per heavy atom. The first-order chi connectivity index (χ1) is 56.6. The molecular weight excluding hydrogens is 2040 g/mol. The van der Waals surface area contributed by atoms with Crippen LogP contribution in [0, 0.1) is 45.9 Å². The van der Waals surface area contributed by atoms with Crippen molar-refractivity contribution in [2.24, 2.45) is 21.1 Å². The van der Waals surface area contributed by atoms with Crippen molar-refractivity contribution in [1.82, 2.24) is 50.5 Å². The molecule has 9 aromatic carbocycles. The molecule has 0 atom stereocenters. The molecule has 603 valence electrons. The molecule has 3 radical (unpaired) electrons. The van der Waals surface area contributed by atoms with Crippen LogP contribution < -0.4 is 29.0 Å². The van der Waals surface area contributed by atoms with Gasteiger partial charge in [-0.3, -0.25) is 20.1 Å². The van der Waals surface area contributed by atoms with Crippen molar-refractivity contribution in [3.63, 3.8) is 0 Å². The fourth-order valence-corrected chi connectivity index (χ4v) is 14.0. The maximum Gasteiger partial charge on any atom is 0.429 e. The molecule has 0 aliphatic heterocycles. The molecule has 0 amide bonds. The predicted octanol–water partition coefficient (Wildman–Crippen LogP) is 21.3. The van der Waals surface area contributed by atoms with Gasteiger partial charge in [0.1, 0.15) is 43.7 Å². The molecule has 22 heteroatoms. The Morgan fingerprint density at radius 1 is 0.333 bits per heavy atom. The maximum absolute atomic E-state index is 12.2. The van der Waals surface area contributed by atoms with Crippen molar-refractivity contribution in [3.8, 4) is 68.1 Å². The molecule has 0 saturated carbocycles. The summed E-state index contributed by atoms with van der Waals surface area (Å²) in [5.74, 6) is -1.25. The van der Waals surface area contributed by atoms with Crippen LogP contribution in [0.5, 0.6) is 0 Å². The Morgan fingerprint density at radius 2 is 0.667 bits per heavy atom. The minimum atomic E-state index is -4.56. The number of hydrogen-bond acceptors (Lipinski definition) is 10. The summed E-state index contributed by atoms with van der Waals surface area (Å²) in [6, 6.07) is 98.7. The first kappa shape index (κ1) is 85.2. The van der Waals surface area contributed by atoms with Crippen LogP contribution in [0.3, 0.4) is 0 Å². The summed E-state index contributed by atoms with van der Waals surface area (Å²) < 4.78 is 60.1. The maximum atomic E-state index is 12.2. The van der Waals surface area contributed by atoms with Gasteiger partial charge in [-0.05, 0) is 140 Å². The Hall–Kier alpha value is -12.6. The first-order valence-electron chi connectivity index (χ1n) is 38.0. The quantitative estimate of drug-likeness (QED) is 0.113. The predicted molar refractivity (Wildman–Crippen MR) is 453 cm³/mol. The number of furan rings is 3. The molecule has 16 nitrogen and oxygen atoms in total. The largest absolute Gasteiger partial charge is 0.570 e. The van der Waals surface area contributed by atoms with E-state index in [1.807, 2.05) is 184 Å². The number of pyridine rings is 6. The number of para-hydroxylation sites is 6. The van der Waals surface area contributed by atoms with E-state index in [2.05, 4.69) is 203 Å². The molecule has 0 fully saturated rings. The number of aromatic nitrogens is 13. The van der Waals surface area contributed by atoms with Crippen LogP contribution in [0.15, 0.2) is 299 Å². The molecule has 12 aromatic heterocycles. The van der Waals surface area contributed by atoms with Crippen LogP contribution in [0.1, 0.15) is 54.7 Å². The van der Waals surface area contributed by atoms with Gasteiger partial charge in [-0.1, -0.05) is 164 Å². The third-order valence-electron chi connectivity index (χ3n) is 20.1. The zero-order chi connectivity index (χ0) is 81.1. The van der Waals surface area contributed by atoms with Gasteiger partial charge in [0.2, 0.25) is 5.69 Å². The normalized spacial score (nSPS) is 11.2. The summed E-state index contributed by atoms with van der Waals surface area (Å²) >= 11 is 0. The molecular formula is C98H77F3Ir3N13O3-3. The molecule has 0 saturated heterocycles. The number of alkyl halides is 3. The third-order valence-corrected chi connectivity index (χ3v) is 20.1. The number of halogens is 3. The average molecular weight is 2120 g/mol. The molecule has 21 aromatic rings. The summed E-state index contributed by atoms with van der Waals surface area (Å²) in [5, 5.41) is 33.2. The van der Waals surface area contributed by atoms with Crippen LogP contribution in [-0.4, -0.2) is 35.2 Å². The zero-order valence-electron chi connectivity index (χ0n) is 66.8. The minimum Gasteiger partial charge on any atom is -0.570 e. The second kappa shape index (κ2) is 36.7. The summed E-state index contributed by atoms with van der Waals surface area (Å²) in [6.07, 6.45) is 1.15. The van der Waals surface area contributed by atoms with E-state index in [-0.39, 0.29) is 71.6 Å². The van der Waals surface area contributed by atoms with Crippen LogP contribution in [0.2, 0.25) is 0 Å². The van der Waals surface area contributed by atoms with Crippen molar-refractivity contribution in [3.05, 3.63) is 338 Å². The van der Waals surface area contributed by atoms with E-state index >= 15 is 0 Å². The molecule has 21 rings (SSSR count). The van der Waals surface area contributed by atoms with E-state index in [0.29, 0.717) is 5.69 Å². The average Bonchev–Trinajstić information content (AvgIpc) is 1.48. The Bertz CT molecular complexity index is 6670. The minimum absolute atomic E-state index is 0. The smallest absolute Gasteiger partial charge is 0.429 e. The van der Waals surface area contributed by atoms with E-state index in [0.717, 1.165) is 150 Å². The topological polar surface area (TPSA) is 184 Å². The van der Waals surface area contributed by atoms with Crippen molar-refractivity contribution in [2.75, 3.05) is 0 Å². The SMILES string of the molecule is C[n+]1ccccc1-c1cc(C(C)(C)C)n[n-]1.C[n+]1ccccc1-c1nc(C(F)(F)F)n[n-]1.Cc1cc(-c2[c-]cc3oc4ccccc4c3c2)nc2ccccc12.Cc1cc(-c2[c-]cc3oc4ccccc4c3c2)nc2ccccc12.Cc1cc(-c2[c-]cc3oc4ccccc4c3c2)nc2ccccc12.Cc1cc(-c2cccc[n+]2C)[n-]n1.[Ir].[Ir].[Ir]. The van der Waals surface area contributed by atoms with E-state index in [4.69, 9.17) is 28.2 Å². The van der Waals surface area contributed by atoms with E-state index in [1.54, 1.807) is 36.0 Å². The van der Waals surface area contributed by atoms with Gasteiger partial charge in [-0.15, -0.1) is 71.3 Å². The number of rotatable bonds is 6. The number of hydrogen-bond donors (Lipinski definition) is 0. The second-order valence-electron chi connectivity index (χ2n) is 29.5. The second-order valence-corrected chi connectivity index (χ2v) is 29.5. The van der Waals surface area contributed by atoms with Gasteiger partial charge in [0.25, 0.3) is 0 Å². The molecule has 0 bridgehead atoms. The molecule has 0 N–H and O–H groups in total. The summed E-state index contributed by atoms with van der Waals surface area (Å²) in [4.78, 5) is 17.8. The Kier molecular flexibility index (Phi) is 26.1. The third kappa shape index (κ3) is 18.6. The molecule has 12 heterocycles. The molecule has 0 spiro atoms.